The zero-order chi connectivity index (χ0) is 16.2. The van der Waals surface area contributed by atoms with Crippen LogP contribution in [0.25, 0.3) is 0 Å². The molecule has 0 radical (unpaired) electrons. The Morgan fingerprint density at radius 1 is 1.22 bits per heavy atom. The van der Waals surface area contributed by atoms with Gasteiger partial charge in [-0.3, -0.25) is 4.79 Å². The van der Waals surface area contributed by atoms with Crippen molar-refractivity contribution in [1.29, 1.82) is 0 Å². The molecule has 1 heterocycles. The minimum absolute atomic E-state index is 0.0205. The van der Waals surface area contributed by atoms with E-state index in [0.29, 0.717) is 6.54 Å². The van der Waals surface area contributed by atoms with Crippen LogP contribution in [0.4, 0.5) is 0 Å². The summed E-state index contributed by atoms with van der Waals surface area (Å²) in [5.74, 6) is 0.898. The Balaban J connectivity index is 1.94. The third-order valence-electron chi connectivity index (χ3n) is 4.27. The molecule has 0 aliphatic carbocycles. The first-order chi connectivity index (χ1) is 11.2. The number of hydrogen-bond donors (Lipinski definition) is 1. The van der Waals surface area contributed by atoms with Crippen molar-refractivity contribution in [3.8, 4) is 5.75 Å². The SMILES string of the molecule is COc1ccccc1C1CNCCN1C(=O)c1cccc(C)c1. The summed E-state index contributed by atoms with van der Waals surface area (Å²) in [5, 5.41) is 3.38. The average Bonchev–Trinajstić information content (AvgIpc) is 2.61. The van der Waals surface area contributed by atoms with Crippen LogP contribution in [0.15, 0.2) is 48.5 Å². The zero-order valence-corrected chi connectivity index (χ0v) is 13.6. The lowest BCUT2D eigenvalue weighted by Gasteiger charge is -2.37. The molecule has 1 aliphatic heterocycles. The zero-order valence-electron chi connectivity index (χ0n) is 13.6. The van der Waals surface area contributed by atoms with Crippen molar-refractivity contribution in [2.24, 2.45) is 0 Å². The number of aryl methyl sites for hydroxylation is 1. The largest absolute Gasteiger partial charge is 0.496 e. The number of hydrogen-bond acceptors (Lipinski definition) is 3. The summed E-state index contributed by atoms with van der Waals surface area (Å²) in [7, 11) is 1.67. The Morgan fingerprint density at radius 2 is 2.04 bits per heavy atom. The molecule has 3 rings (SSSR count). The number of amides is 1. The van der Waals surface area contributed by atoms with Crippen LogP contribution in [0.2, 0.25) is 0 Å². The summed E-state index contributed by atoms with van der Waals surface area (Å²) in [6.45, 7) is 4.24. The summed E-state index contributed by atoms with van der Waals surface area (Å²) < 4.78 is 5.49. The fourth-order valence-electron chi connectivity index (χ4n) is 3.11. The first-order valence-electron chi connectivity index (χ1n) is 7.92. The first-order valence-corrected chi connectivity index (χ1v) is 7.92. The van der Waals surface area contributed by atoms with Gasteiger partial charge in [-0.25, -0.2) is 0 Å². The number of benzene rings is 2. The molecule has 0 saturated carbocycles. The van der Waals surface area contributed by atoms with Gasteiger partial charge in [-0.15, -0.1) is 0 Å². The molecule has 1 N–H and O–H groups in total. The molecule has 1 fully saturated rings. The highest BCUT2D eigenvalue weighted by Crippen LogP contribution is 2.31. The molecule has 0 spiro atoms. The highest BCUT2D eigenvalue weighted by molar-refractivity contribution is 5.94. The number of ether oxygens (including phenoxy) is 1. The molecule has 1 amide bonds. The van der Waals surface area contributed by atoms with Crippen LogP contribution in [0.5, 0.6) is 5.75 Å². The molecular formula is C19H22N2O2. The van der Waals surface area contributed by atoms with Crippen LogP contribution in [0, 0.1) is 6.92 Å². The lowest BCUT2D eigenvalue weighted by Crippen LogP contribution is -2.48. The number of rotatable bonds is 3. The van der Waals surface area contributed by atoms with Crippen molar-refractivity contribution in [3.05, 3.63) is 65.2 Å². The van der Waals surface area contributed by atoms with Crippen LogP contribution in [0.1, 0.15) is 27.5 Å². The van der Waals surface area contributed by atoms with E-state index in [4.69, 9.17) is 4.74 Å². The molecule has 1 aliphatic rings. The van der Waals surface area contributed by atoms with E-state index in [1.807, 2.05) is 60.4 Å². The van der Waals surface area contributed by atoms with Gasteiger partial charge in [0.2, 0.25) is 0 Å². The second kappa shape index (κ2) is 6.84. The minimum Gasteiger partial charge on any atom is -0.496 e. The van der Waals surface area contributed by atoms with Crippen LogP contribution >= 0.6 is 0 Å². The molecule has 4 heteroatoms. The number of para-hydroxylation sites is 1. The first kappa shape index (κ1) is 15.6. The highest BCUT2D eigenvalue weighted by atomic mass is 16.5. The molecule has 1 unspecified atom stereocenters. The van der Waals surface area contributed by atoms with Crippen LogP contribution in [-0.4, -0.2) is 37.6 Å². The number of piperazine rings is 1. The van der Waals surface area contributed by atoms with Gasteiger partial charge < -0.3 is 15.0 Å². The average molecular weight is 310 g/mol. The topological polar surface area (TPSA) is 41.6 Å². The fourth-order valence-corrected chi connectivity index (χ4v) is 3.11. The predicted molar refractivity (Wildman–Crippen MR) is 90.8 cm³/mol. The van der Waals surface area contributed by atoms with Crippen molar-refractivity contribution in [3.63, 3.8) is 0 Å². The Kier molecular flexibility index (Phi) is 4.63. The van der Waals surface area contributed by atoms with Crippen LogP contribution in [-0.2, 0) is 0 Å². The van der Waals surface area contributed by atoms with Gasteiger partial charge in [0, 0.05) is 30.8 Å². The summed E-state index contributed by atoms with van der Waals surface area (Å²) in [5.41, 5.74) is 2.88. The van der Waals surface area contributed by atoms with Crippen molar-refractivity contribution in [1.82, 2.24) is 10.2 Å². The van der Waals surface area contributed by atoms with Crippen LogP contribution < -0.4 is 10.1 Å². The van der Waals surface area contributed by atoms with Gasteiger partial charge in [-0.1, -0.05) is 35.9 Å². The van der Waals surface area contributed by atoms with E-state index >= 15 is 0 Å². The standard InChI is InChI=1S/C19H22N2O2/c1-14-6-5-7-15(12-14)19(22)21-11-10-20-13-17(21)16-8-3-4-9-18(16)23-2/h3-9,12,17,20H,10-11,13H2,1-2H3. The Hall–Kier alpha value is -2.33. The molecule has 120 valence electrons. The van der Waals surface area contributed by atoms with Gasteiger partial charge in [0.1, 0.15) is 5.75 Å². The smallest absolute Gasteiger partial charge is 0.254 e. The Bertz CT molecular complexity index is 699. The van der Waals surface area contributed by atoms with E-state index in [-0.39, 0.29) is 11.9 Å². The van der Waals surface area contributed by atoms with Crippen molar-refractivity contribution in [2.75, 3.05) is 26.7 Å². The molecule has 2 aromatic carbocycles. The minimum atomic E-state index is -0.0205. The van der Waals surface area contributed by atoms with E-state index in [9.17, 15) is 4.79 Å². The normalized spacial score (nSPS) is 17.8. The number of methoxy groups -OCH3 is 1. The third kappa shape index (κ3) is 3.22. The van der Waals surface area contributed by atoms with E-state index in [0.717, 1.165) is 35.5 Å². The van der Waals surface area contributed by atoms with Crippen LogP contribution in [0.3, 0.4) is 0 Å². The molecule has 0 aromatic heterocycles. The fraction of sp³-hybridized carbons (Fsp3) is 0.316. The number of carbonyl (C=O) groups excluding carboxylic acids is 1. The Morgan fingerprint density at radius 3 is 2.83 bits per heavy atom. The van der Waals surface area contributed by atoms with Gasteiger partial charge in [0.15, 0.2) is 0 Å². The number of nitrogens with zero attached hydrogens (tertiary/aromatic N) is 1. The maximum absolute atomic E-state index is 13.0. The van der Waals surface area contributed by atoms with Crippen molar-refractivity contribution < 1.29 is 9.53 Å². The Labute approximate surface area is 137 Å². The van der Waals surface area contributed by atoms with E-state index in [1.54, 1.807) is 7.11 Å². The second-order valence-electron chi connectivity index (χ2n) is 5.83. The monoisotopic (exact) mass is 310 g/mol. The molecule has 4 nitrogen and oxygen atoms in total. The van der Waals surface area contributed by atoms with Gasteiger partial charge >= 0.3 is 0 Å². The van der Waals surface area contributed by atoms with E-state index in [2.05, 4.69) is 5.32 Å². The lowest BCUT2D eigenvalue weighted by atomic mass is 10.0. The molecule has 23 heavy (non-hydrogen) atoms. The summed E-state index contributed by atoms with van der Waals surface area (Å²) in [6.07, 6.45) is 0. The van der Waals surface area contributed by atoms with E-state index < -0.39 is 0 Å². The molecule has 2 aromatic rings. The molecule has 0 bridgehead atoms. The maximum Gasteiger partial charge on any atom is 0.254 e. The summed E-state index contributed by atoms with van der Waals surface area (Å²) in [4.78, 5) is 14.9. The number of carbonyl (C=O) groups is 1. The summed E-state index contributed by atoms with van der Waals surface area (Å²) >= 11 is 0. The van der Waals surface area contributed by atoms with Gasteiger partial charge in [-0.05, 0) is 25.1 Å². The molecule has 1 atom stereocenters. The van der Waals surface area contributed by atoms with Crippen molar-refractivity contribution >= 4 is 5.91 Å². The van der Waals surface area contributed by atoms with Gasteiger partial charge in [0.05, 0.1) is 13.2 Å². The predicted octanol–water partition coefficient (Wildman–Crippen LogP) is 2.79. The third-order valence-corrected chi connectivity index (χ3v) is 4.27. The number of nitrogens with one attached hydrogen (secondary N) is 1. The quantitative estimate of drug-likeness (QED) is 0.948. The molecule has 1 saturated heterocycles. The second-order valence-corrected chi connectivity index (χ2v) is 5.83. The maximum atomic E-state index is 13.0. The van der Waals surface area contributed by atoms with E-state index in [1.165, 1.54) is 0 Å². The van der Waals surface area contributed by atoms with Gasteiger partial charge in [0.25, 0.3) is 5.91 Å². The van der Waals surface area contributed by atoms with Crippen molar-refractivity contribution in [2.45, 2.75) is 13.0 Å². The highest BCUT2D eigenvalue weighted by Gasteiger charge is 2.30. The van der Waals surface area contributed by atoms with Gasteiger partial charge in [-0.2, -0.15) is 0 Å². The molecular weight excluding hydrogens is 288 g/mol. The summed E-state index contributed by atoms with van der Waals surface area (Å²) in [6, 6.07) is 15.7. The lowest BCUT2D eigenvalue weighted by molar-refractivity contribution is 0.0631.